The number of nitrogens with zero attached hydrogens (tertiary/aromatic N) is 2. The number of benzene rings is 3. The summed E-state index contributed by atoms with van der Waals surface area (Å²) in [6.45, 7) is 0. The number of anilines is 1. The number of fused-ring (bicyclic) bond motifs is 2. The van der Waals surface area contributed by atoms with E-state index in [4.69, 9.17) is 9.72 Å². The Kier molecular flexibility index (Phi) is 3.64. The van der Waals surface area contributed by atoms with Crippen molar-refractivity contribution in [2.45, 2.75) is 5.41 Å². The van der Waals surface area contributed by atoms with Crippen molar-refractivity contribution in [2.75, 3.05) is 19.1 Å². The highest BCUT2D eigenvalue weighted by Crippen LogP contribution is 2.52. The summed E-state index contributed by atoms with van der Waals surface area (Å²) >= 11 is 0. The quantitative estimate of drug-likeness (QED) is 0.565. The lowest BCUT2D eigenvalue weighted by molar-refractivity contribution is -0.120. The summed E-state index contributed by atoms with van der Waals surface area (Å²) in [5.74, 6) is 0.822. The number of imidazole rings is 1. The zero-order chi connectivity index (χ0) is 20.2. The number of aromatic nitrogens is 2. The van der Waals surface area contributed by atoms with Gasteiger partial charge in [-0.2, -0.15) is 0 Å². The largest absolute Gasteiger partial charge is 0.508 e. The fourth-order valence-corrected chi connectivity index (χ4v) is 4.25. The van der Waals surface area contributed by atoms with Gasteiger partial charge in [0.1, 0.15) is 17.3 Å². The number of phenolic OH excluding ortho intramolecular Hbond substituents is 1. The summed E-state index contributed by atoms with van der Waals surface area (Å²) in [5.41, 5.74) is 2.23. The maximum absolute atomic E-state index is 13.8. The molecule has 0 saturated heterocycles. The van der Waals surface area contributed by atoms with Gasteiger partial charge in [-0.25, -0.2) is 4.98 Å². The summed E-state index contributed by atoms with van der Waals surface area (Å²) in [7, 11) is 3.29. The number of H-pyrrole nitrogens is 1. The van der Waals surface area contributed by atoms with Crippen LogP contribution >= 0.6 is 0 Å². The standard InChI is InChI=1S/C23H19N3O3/c1-26-19-10-6-3-7-15(19)23(22(26)28,16-13-14(29-2)11-12-20(16)27)21-24-17-8-4-5-9-18(17)25-21/h3-13,27H,1-2H3,(H,24,25). The van der Waals surface area contributed by atoms with E-state index in [0.29, 0.717) is 17.1 Å². The second kappa shape index (κ2) is 6.10. The molecular formula is C23H19N3O3. The Bertz CT molecular complexity index is 1230. The first-order valence-corrected chi connectivity index (χ1v) is 9.27. The normalized spacial score (nSPS) is 18.3. The fourth-order valence-electron chi connectivity index (χ4n) is 4.25. The predicted molar refractivity (Wildman–Crippen MR) is 110 cm³/mol. The predicted octanol–water partition coefficient (Wildman–Crippen LogP) is 3.59. The van der Waals surface area contributed by atoms with E-state index in [1.165, 1.54) is 0 Å². The molecule has 0 saturated carbocycles. The van der Waals surface area contributed by atoms with Crippen LogP contribution in [0, 0.1) is 0 Å². The van der Waals surface area contributed by atoms with Crippen LogP contribution in [-0.4, -0.2) is 35.1 Å². The number of likely N-dealkylation sites (N-methyl/N-ethyl adjacent to an activating group) is 1. The zero-order valence-corrected chi connectivity index (χ0v) is 16.0. The van der Waals surface area contributed by atoms with Crippen molar-refractivity contribution in [3.8, 4) is 11.5 Å². The van der Waals surface area contributed by atoms with Crippen molar-refractivity contribution in [3.63, 3.8) is 0 Å². The summed E-state index contributed by atoms with van der Waals surface area (Å²) in [5, 5.41) is 10.9. The molecule has 144 valence electrons. The van der Waals surface area contributed by atoms with Gasteiger partial charge in [-0.15, -0.1) is 0 Å². The Morgan fingerprint density at radius 3 is 2.59 bits per heavy atom. The van der Waals surface area contributed by atoms with Gasteiger partial charge in [-0.3, -0.25) is 4.79 Å². The highest BCUT2D eigenvalue weighted by atomic mass is 16.5. The van der Waals surface area contributed by atoms with E-state index in [1.54, 1.807) is 37.3 Å². The highest BCUT2D eigenvalue weighted by molar-refractivity contribution is 6.12. The molecule has 0 fully saturated rings. The smallest absolute Gasteiger partial charge is 0.249 e. The highest BCUT2D eigenvalue weighted by Gasteiger charge is 2.55. The van der Waals surface area contributed by atoms with Crippen LogP contribution in [0.25, 0.3) is 11.0 Å². The summed E-state index contributed by atoms with van der Waals surface area (Å²) in [6, 6.07) is 20.1. The SMILES string of the molecule is COc1ccc(O)c(C2(c3nc4ccccc4[nH]3)C(=O)N(C)c3ccccc32)c1. The van der Waals surface area contributed by atoms with Crippen molar-refractivity contribution in [3.05, 3.63) is 83.7 Å². The fraction of sp³-hybridized carbons (Fsp3) is 0.130. The van der Waals surface area contributed by atoms with E-state index in [2.05, 4.69) is 4.98 Å². The van der Waals surface area contributed by atoms with Crippen molar-refractivity contribution < 1.29 is 14.6 Å². The van der Waals surface area contributed by atoms with Gasteiger partial charge in [0, 0.05) is 23.9 Å². The number of nitrogens with one attached hydrogen (secondary N) is 1. The van der Waals surface area contributed by atoms with E-state index < -0.39 is 5.41 Å². The molecule has 5 rings (SSSR count). The molecule has 1 amide bonds. The first kappa shape index (κ1) is 17.3. The Morgan fingerprint density at radius 2 is 1.79 bits per heavy atom. The van der Waals surface area contributed by atoms with Crippen LogP contribution in [0.3, 0.4) is 0 Å². The average Bonchev–Trinajstić information content (AvgIpc) is 3.27. The summed E-state index contributed by atoms with van der Waals surface area (Å²) in [6.07, 6.45) is 0. The third kappa shape index (κ3) is 2.23. The number of methoxy groups -OCH3 is 1. The minimum absolute atomic E-state index is 0.00436. The van der Waals surface area contributed by atoms with Gasteiger partial charge < -0.3 is 19.7 Å². The second-order valence-electron chi connectivity index (χ2n) is 7.12. The van der Waals surface area contributed by atoms with Crippen LogP contribution in [0.5, 0.6) is 11.5 Å². The molecule has 29 heavy (non-hydrogen) atoms. The van der Waals surface area contributed by atoms with Crippen LogP contribution < -0.4 is 9.64 Å². The van der Waals surface area contributed by atoms with Crippen LogP contribution in [0.2, 0.25) is 0 Å². The van der Waals surface area contributed by atoms with E-state index in [-0.39, 0.29) is 11.7 Å². The lowest BCUT2D eigenvalue weighted by atomic mass is 9.74. The second-order valence-corrected chi connectivity index (χ2v) is 7.12. The number of para-hydroxylation sites is 3. The van der Waals surface area contributed by atoms with Crippen LogP contribution in [0.15, 0.2) is 66.7 Å². The number of carbonyl (C=O) groups is 1. The van der Waals surface area contributed by atoms with Crippen molar-refractivity contribution in [1.29, 1.82) is 0 Å². The monoisotopic (exact) mass is 385 g/mol. The van der Waals surface area contributed by atoms with Gasteiger partial charge in [0.05, 0.1) is 18.1 Å². The van der Waals surface area contributed by atoms with Gasteiger partial charge in [0.2, 0.25) is 5.91 Å². The number of ether oxygens (including phenoxy) is 1. The Labute approximate surface area is 167 Å². The van der Waals surface area contributed by atoms with E-state index in [9.17, 15) is 9.90 Å². The van der Waals surface area contributed by atoms with E-state index >= 15 is 0 Å². The molecule has 1 aliphatic rings. The molecule has 1 aromatic heterocycles. The van der Waals surface area contributed by atoms with E-state index in [0.717, 1.165) is 22.3 Å². The van der Waals surface area contributed by atoms with Gasteiger partial charge in [-0.05, 0) is 36.4 Å². The number of hydrogen-bond donors (Lipinski definition) is 2. The molecule has 6 heteroatoms. The number of rotatable bonds is 3. The van der Waals surface area contributed by atoms with Gasteiger partial charge in [-0.1, -0.05) is 30.3 Å². The Hall–Kier alpha value is -3.80. The number of aromatic amines is 1. The molecule has 4 aromatic rings. The molecule has 6 nitrogen and oxygen atoms in total. The minimum atomic E-state index is -1.32. The van der Waals surface area contributed by atoms with Gasteiger partial charge in [0.25, 0.3) is 0 Å². The molecule has 2 N–H and O–H groups in total. The first-order chi connectivity index (χ1) is 14.1. The molecule has 0 radical (unpaired) electrons. The summed E-state index contributed by atoms with van der Waals surface area (Å²) in [4.78, 5) is 23.5. The number of carbonyl (C=O) groups excluding carboxylic acids is 1. The van der Waals surface area contributed by atoms with Crippen LogP contribution in [-0.2, 0) is 10.2 Å². The molecule has 3 aromatic carbocycles. The van der Waals surface area contributed by atoms with Gasteiger partial charge >= 0.3 is 0 Å². The molecule has 0 spiro atoms. The zero-order valence-electron chi connectivity index (χ0n) is 16.0. The molecule has 1 unspecified atom stereocenters. The Morgan fingerprint density at radius 1 is 1.03 bits per heavy atom. The van der Waals surface area contributed by atoms with Crippen molar-refractivity contribution >= 4 is 22.6 Å². The summed E-state index contributed by atoms with van der Waals surface area (Å²) < 4.78 is 5.39. The van der Waals surface area contributed by atoms with Crippen molar-refractivity contribution in [1.82, 2.24) is 9.97 Å². The third-order valence-corrected chi connectivity index (χ3v) is 5.65. The lowest BCUT2D eigenvalue weighted by Gasteiger charge is -2.28. The minimum Gasteiger partial charge on any atom is -0.508 e. The van der Waals surface area contributed by atoms with Crippen LogP contribution in [0.1, 0.15) is 17.0 Å². The molecule has 0 aliphatic carbocycles. The third-order valence-electron chi connectivity index (χ3n) is 5.65. The van der Waals surface area contributed by atoms with Crippen LogP contribution in [0.4, 0.5) is 5.69 Å². The topological polar surface area (TPSA) is 78.5 Å². The lowest BCUT2D eigenvalue weighted by Crippen LogP contribution is -2.41. The van der Waals surface area contributed by atoms with Gasteiger partial charge in [0.15, 0.2) is 5.41 Å². The molecule has 0 bridgehead atoms. The molecule has 2 heterocycles. The van der Waals surface area contributed by atoms with Crippen molar-refractivity contribution in [2.24, 2.45) is 0 Å². The molecular weight excluding hydrogens is 366 g/mol. The van der Waals surface area contributed by atoms with E-state index in [1.807, 2.05) is 48.5 Å². The first-order valence-electron chi connectivity index (χ1n) is 9.27. The number of amides is 1. The molecule has 1 aliphatic heterocycles. The number of hydrogen-bond acceptors (Lipinski definition) is 4. The number of phenols is 1. The average molecular weight is 385 g/mol. The maximum atomic E-state index is 13.8. The maximum Gasteiger partial charge on any atom is 0.249 e. The molecule has 1 atom stereocenters. The Balaban J connectivity index is 1.92. The number of aromatic hydroxyl groups is 1.